The first-order chi connectivity index (χ1) is 5.14. The molecule has 0 aromatic carbocycles. The summed E-state index contributed by atoms with van der Waals surface area (Å²) in [6.45, 7) is 6.89. The van der Waals surface area contributed by atoms with E-state index in [1.165, 1.54) is 12.2 Å². The molecule has 1 rings (SSSR count). The zero-order valence-electron chi connectivity index (χ0n) is 6.00. The molecule has 0 saturated carbocycles. The van der Waals surface area contributed by atoms with Crippen molar-refractivity contribution in [1.29, 1.82) is 0 Å². The van der Waals surface area contributed by atoms with Gasteiger partial charge in [-0.2, -0.15) is 0 Å². The van der Waals surface area contributed by atoms with E-state index in [0.29, 0.717) is 0 Å². The van der Waals surface area contributed by atoms with Crippen LogP contribution in [-0.2, 0) is 14.3 Å². The monoisotopic (exact) mass is 152 g/mol. The van der Waals surface area contributed by atoms with Crippen LogP contribution in [0.3, 0.4) is 0 Å². The molecule has 11 heavy (non-hydrogen) atoms. The van der Waals surface area contributed by atoms with Crippen molar-refractivity contribution in [2.75, 3.05) is 0 Å². The van der Waals surface area contributed by atoms with E-state index in [2.05, 4.69) is 17.9 Å². The number of cyclic esters (lactones) is 2. The minimum atomic E-state index is -0.975. The van der Waals surface area contributed by atoms with Crippen LogP contribution in [0.1, 0.15) is 6.42 Å². The average Bonchev–Trinajstić information content (AvgIpc) is 2.27. The van der Waals surface area contributed by atoms with Gasteiger partial charge < -0.3 is 4.74 Å². The lowest BCUT2D eigenvalue weighted by Crippen LogP contribution is -2.19. The minimum absolute atomic E-state index is 0.0266. The second-order valence-electron chi connectivity index (χ2n) is 2.39. The van der Waals surface area contributed by atoms with Gasteiger partial charge in [-0.05, 0) is 0 Å². The first-order valence-electron chi connectivity index (χ1n) is 3.17. The van der Waals surface area contributed by atoms with E-state index in [9.17, 15) is 9.59 Å². The Morgan fingerprint density at radius 1 is 1.36 bits per heavy atom. The molecule has 1 heterocycles. The van der Waals surface area contributed by atoms with E-state index in [4.69, 9.17) is 0 Å². The Bertz CT molecular complexity index is 232. The van der Waals surface area contributed by atoms with Crippen LogP contribution in [0.4, 0.5) is 0 Å². The van der Waals surface area contributed by atoms with E-state index in [1.807, 2.05) is 0 Å². The van der Waals surface area contributed by atoms with Crippen molar-refractivity contribution in [2.45, 2.75) is 6.42 Å². The maximum Gasteiger partial charge on any atom is 0.328 e. The predicted octanol–water partition coefficient (Wildman–Crippen LogP) is 0.818. The van der Waals surface area contributed by atoms with Crippen LogP contribution in [0.5, 0.6) is 0 Å². The Morgan fingerprint density at radius 2 is 1.91 bits per heavy atom. The van der Waals surface area contributed by atoms with Crippen molar-refractivity contribution >= 4 is 11.9 Å². The van der Waals surface area contributed by atoms with Crippen molar-refractivity contribution in [3.63, 3.8) is 0 Å². The molecule has 0 aromatic heterocycles. The lowest BCUT2D eigenvalue weighted by Gasteiger charge is -2.11. The molecule has 58 valence electrons. The van der Waals surface area contributed by atoms with Crippen molar-refractivity contribution in [3.8, 4) is 0 Å². The Kier molecular flexibility index (Phi) is 1.64. The second-order valence-corrected chi connectivity index (χ2v) is 2.39. The third-order valence-corrected chi connectivity index (χ3v) is 1.75. The van der Waals surface area contributed by atoms with Gasteiger partial charge in [0.15, 0.2) is 0 Å². The van der Waals surface area contributed by atoms with E-state index < -0.39 is 17.4 Å². The Hall–Kier alpha value is -1.38. The summed E-state index contributed by atoms with van der Waals surface area (Å²) in [5, 5.41) is 0. The van der Waals surface area contributed by atoms with E-state index in [1.54, 1.807) is 0 Å². The Balaban J connectivity index is 3.02. The number of rotatable bonds is 2. The fourth-order valence-electron chi connectivity index (χ4n) is 0.940. The average molecular weight is 152 g/mol. The third-order valence-electron chi connectivity index (χ3n) is 1.75. The van der Waals surface area contributed by atoms with Crippen LogP contribution < -0.4 is 0 Å². The van der Waals surface area contributed by atoms with Gasteiger partial charge in [0.2, 0.25) is 0 Å². The summed E-state index contributed by atoms with van der Waals surface area (Å²) in [4.78, 5) is 21.6. The number of esters is 2. The minimum Gasteiger partial charge on any atom is -0.392 e. The zero-order chi connectivity index (χ0) is 8.48. The van der Waals surface area contributed by atoms with Gasteiger partial charge >= 0.3 is 11.9 Å². The van der Waals surface area contributed by atoms with Gasteiger partial charge in [0.1, 0.15) is 5.41 Å². The molecular weight excluding hydrogens is 144 g/mol. The maximum absolute atomic E-state index is 11.0. The molecule has 0 atom stereocenters. The number of carbonyl (C=O) groups is 2. The van der Waals surface area contributed by atoms with Gasteiger partial charge in [-0.15, -0.1) is 13.2 Å². The summed E-state index contributed by atoms with van der Waals surface area (Å²) in [5.74, 6) is -1.10. The fraction of sp³-hybridized carbons (Fsp3) is 0.250. The molecule has 0 aliphatic carbocycles. The van der Waals surface area contributed by atoms with E-state index >= 15 is 0 Å². The molecule has 1 saturated heterocycles. The summed E-state index contributed by atoms with van der Waals surface area (Å²) >= 11 is 0. The number of hydrogen-bond acceptors (Lipinski definition) is 3. The molecule has 1 aliphatic heterocycles. The van der Waals surface area contributed by atoms with E-state index in [0.717, 1.165) is 0 Å². The van der Waals surface area contributed by atoms with E-state index in [-0.39, 0.29) is 6.42 Å². The first-order valence-corrected chi connectivity index (χ1v) is 3.17. The summed E-state index contributed by atoms with van der Waals surface area (Å²) in [6, 6.07) is 0. The van der Waals surface area contributed by atoms with Gasteiger partial charge in [-0.1, -0.05) is 12.2 Å². The quantitative estimate of drug-likeness (QED) is 0.334. The molecule has 0 radical (unpaired) electrons. The van der Waals surface area contributed by atoms with Gasteiger partial charge in [-0.25, -0.2) is 0 Å². The van der Waals surface area contributed by atoms with Crippen LogP contribution >= 0.6 is 0 Å². The van der Waals surface area contributed by atoms with Crippen LogP contribution in [0.25, 0.3) is 0 Å². The predicted molar refractivity (Wildman–Crippen MR) is 38.5 cm³/mol. The highest BCUT2D eigenvalue weighted by molar-refractivity contribution is 5.99. The Labute approximate surface area is 64.3 Å². The molecule has 3 heteroatoms. The summed E-state index contributed by atoms with van der Waals surface area (Å²) in [6.07, 6.45) is 2.79. The van der Waals surface area contributed by atoms with Gasteiger partial charge in [0, 0.05) is 0 Å². The second kappa shape index (κ2) is 2.34. The number of hydrogen-bond donors (Lipinski definition) is 0. The zero-order valence-corrected chi connectivity index (χ0v) is 6.00. The van der Waals surface area contributed by atoms with Crippen molar-refractivity contribution in [1.82, 2.24) is 0 Å². The van der Waals surface area contributed by atoms with Crippen LogP contribution in [0.2, 0.25) is 0 Å². The summed E-state index contributed by atoms with van der Waals surface area (Å²) in [7, 11) is 0. The van der Waals surface area contributed by atoms with Crippen LogP contribution in [0, 0.1) is 5.41 Å². The van der Waals surface area contributed by atoms with Crippen LogP contribution in [-0.4, -0.2) is 11.9 Å². The molecule has 0 unspecified atom stereocenters. The normalized spacial score (nSPS) is 21.1. The number of ether oxygens (including phenoxy) is 1. The molecule has 3 nitrogen and oxygen atoms in total. The van der Waals surface area contributed by atoms with Crippen molar-refractivity contribution in [3.05, 3.63) is 25.3 Å². The first kappa shape index (κ1) is 7.72. The van der Waals surface area contributed by atoms with Gasteiger partial charge in [-0.3, -0.25) is 9.59 Å². The molecule has 0 spiro atoms. The van der Waals surface area contributed by atoms with Crippen molar-refractivity contribution in [2.24, 2.45) is 5.41 Å². The largest absolute Gasteiger partial charge is 0.392 e. The number of carbonyl (C=O) groups excluding carboxylic acids is 2. The standard InChI is InChI=1S/C8H8O3/c1-3-8(4-2)5-6(9)11-7(8)10/h3-4H,1-2,5H2. The van der Waals surface area contributed by atoms with Crippen LogP contribution in [0.15, 0.2) is 25.3 Å². The molecule has 0 bridgehead atoms. The molecule has 1 aliphatic rings. The van der Waals surface area contributed by atoms with Gasteiger partial charge in [0.05, 0.1) is 6.42 Å². The summed E-state index contributed by atoms with van der Waals surface area (Å²) < 4.78 is 4.34. The third kappa shape index (κ3) is 0.981. The van der Waals surface area contributed by atoms with Crippen molar-refractivity contribution < 1.29 is 14.3 Å². The molecule has 0 amide bonds. The lowest BCUT2D eigenvalue weighted by molar-refractivity contribution is -0.153. The molecular formula is C8H8O3. The maximum atomic E-state index is 11.0. The topological polar surface area (TPSA) is 43.4 Å². The molecule has 1 fully saturated rings. The molecule has 0 N–H and O–H groups in total. The summed E-state index contributed by atoms with van der Waals surface area (Å²) in [5.41, 5.74) is -0.975. The smallest absolute Gasteiger partial charge is 0.328 e. The van der Waals surface area contributed by atoms with Gasteiger partial charge in [0.25, 0.3) is 0 Å². The Morgan fingerprint density at radius 3 is 2.09 bits per heavy atom. The SMILES string of the molecule is C=CC1(C=C)CC(=O)OC1=O. The molecule has 0 aromatic rings. The fourth-order valence-corrected chi connectivity index (χ4v) is 0.940. The highest BCUT2D eigenvalue weighted by atomic mass is 16.6. The lowest BCUT2D eigenvalue weighted by atomic mass is 9.87. The highest BCUT2D eigenvalue weighted by Gasteiger charge is 2.44. The highest BCUT2D eigenvalue weighted by Crippen LogP contribution is 2.32.